The van der Waals surface area contributed by atoms with Crippen LogP contribution in [0.2, 0.25) is 0 Å². The fourth-order valence-corrected chi connectivity index (χ4v) is 1.56. The summed E-state index contributed by atoms with van der Waals surface area (Å²) in [7, 11) is 0. The Morgan fingerprint density at radius 3 is 2.89 bits per heavy atom. The first kappa shape index (κ1) is 10.6. The zero-order chi connectivity index (χ0) is 12.4. The molecule has 3 aromatic heterocycles. The summed E-state index contributed by atoms with van der Waals surface area (Å²) in [6.07, 6.45) is 8.73. The Labute approximate surface area is 103 Å². The smallest absolute Gasteiger partial charge is 0.159 e. The van der Waals surface area contributed by atoms with Gasteiger partial charge in [0.05, 0.1) is 30.3 Å². The molecule has 7 heteroatoms. The largest absolute Gasteiger partial charge is 0.343 e. The molecule has 0 aliphatic rings. The number of H-pyrrole nitrogens is 1. The van der Waals surface area contributed by atoms with Crippen molar-refractivity contribution in [1.29, 1.82) is 0 Å². The van der Waals surface area contributed by atoms with Crippen LogP contribution < -0.4 is 0 Å². The van der Waals surface area contributed by atoms with Crippen LogP contribution in [0, 0.1) is 6.92 Å². The van der Waals surface area contributed by atoms with Crippen LogP contribution in [-0.2, 0) is 6.54 Å². The molecule has 18 heavy (non-hydrogen) atoms. The van der Waals surface area contributed by atoms with Gasteiger partial charge in [0.25, 0.3) is 0 Å². The van der Waals surface area contributed by atoms with Gasteiger partial charge < -0.3 is 4.98 Å². The normalized spacial score (nSPS) is 10.7. The highest BCUT2D eigenvalue weighted by Gasteiger charge is 2.06. The molecule has 0 fully saturated rings. The van der Waals surface area contributed by atoms with E-state index in [1.165, 1.54) is 0 Å². The molecule has 0 bridgehead atoms. The maximum atomic E-state index is 4.27. The highest BCUT2D eigenvalue weighted by molar-refractivity contribution is 5.45. The average molecular weight is 241 g/mol. The zero-order valence-electron chi connectivity index (χ0n) is 9.78. The van der Waals surface area contributed by atoms with Crippen molar-refractivity contribution in [3.63, 3.8) is 0 Å². The lowest BCUT2D eigenvalue weighted by molar-refractivity contribution is 0.636. The van der Waals surface area contributed by atoms with E-state index in [0.717, 1.165) is 11.4 Å². The number of aromatic amines is 1. The summed E-state index contributed by atoms with van der Waals surface area (Å²) < 4.78 is 1.71. The molecule has 0 saturated heterocycles. The number of nitrogens with zero attached hydrogens (tertiary/aromatic N) is 6. The third kappa shape index (κ3) is 2.10. The Kier molecular flexibility index (Phi) is 2.56. The molecule has 3 rings (SSSR count). The molecule has 3 heterocycles. The van der Waals surface area contributed by atoms with Crippen LogP contribution in [0.5, 0.6) is 0 Å². The first-order valence-corrected chi connectivity index (χ1v) is 5.49. The van der Waals surface area contributed by atoms with Gasteiger partial charge in [-0.1, -0.05) is 5.21 Å². The van der Waals surface area contributed by atoms with Crippen molar-refractivity contribution in [3.05, 3.63) is 42.4 Å². The monoisotopic (exact) mass is 241 g/mol. The molecule has 0 atom stereocenters. The van der Waals surface area contributed by atoms with E-state index in [4.69, 9.17) is 0 Å². The molecule has 1 N–H and O–H groups in total. The van der Waals surface area contributed by atoms with Crippen molar-refractivity contribution in [3.8, 4) is 11.5 Å². The van der Waals surface area contributed by atoms with Crippen molar-refractivity contribution >= 4 is 0 Å². The van der Waals surface area contributed by atoms with Crippen molar-refractivity contribution < 1.29 is 0 Å². The maximum Gasteiger partial charge on any atom is 0.159 e. The number of aromatic nitrogens is 7. The highest BCUT2D eigenvalue weighted by Crippen LogP contribution is 2.09. The van der Waals surface area contributed by atoms with Crippen LogP contribution in [0.1, 0.15) is 11.4 Å². The summed E-state index contributed by atoms with van der Waals surface area (Å²) in [5, 5.41) is 8.07. The van der Waals surface area contributed by atoms with E-state index in [1.807, 2.05) is 13.1 Å². The summed E-state index contributed by atoms with van der Waals surface area (Å²) >= 11 is 0. The second-order valence-corrected chi connectivity index (χ2v) is 3.89. The second-order valence-electron chi connectivity index (χ2n) is 3.89. The molecule has 0 aliphatic carbocycles. The van der Waals surface area contributed by atoms with Crippen molar-refractivity contribution in [2.45, 2.75) is 13.5 Å². The minimum absolute atomic E-state index is 0.543. The molecule has 0 aromatic carbocycles. The van der Waals surface area contributed by atoms with Gasteiger partial charge in [0.15, 0.2) is 5.82 Å². The van der Waals surface area contributed by atoms with E-state index in [-0.39, 0.29) is 0 Å². The fourth-order valence-electron chi connectivity index (χ4n) is 1.56. The quantitative estimate of drug-likeness (QED) is 0.733. The molecule has 0 saturated carbocycles. The van der Waals surface area contributed by atoms with Gasteiger partial charge in [-0.05, 0) is 6.92 Å². The van der Waals surface area contributed by atoms with Crippen molar-refractivity contribution in [1.82, 2.24) is 34.9 Å². The Bertz CT molecular complexity index is 624. The van der Waals surface area contributed by atoms with Gasteiger partial charge in [0.2, 0.25) is 0 Å². The van der Waals surface area contributed by atoms with Gasteiger partial charge in [-0.2, -0.15) is 0 Å². The van der Waals surface area contributed by atoms with Gasteiger partial charge in [-0.15, -0.1) is 5.10 Å². The number of hydrogen-bond acceptors (Lipinski definition) is 5. The second kappa shape index (κ2) is 4.36. The zero-order valence-corrected chi connectivity index (χ0v) is 9.78. The molecule has 0 radical (unpaired) electrons. The van der Waals surface area contributed by atoms with Crippen LogP contribution >= 0.6 is 0 Å². The van der Waals surface area contributed by atoms with Crippen LogP contribution in [0.4, 0.5) is 0 Å². The lowest BCUT2D eigenvalue weighted by Gasteiger charge is -1.99. The number of aryl methyl sites for hydroxylation is 1. The Hall–Kier alpha value is -2.57. The maximum absolute atomic E-state index is 4.27. The lowest BCUT2D eigenvalue weighted by atomic mass is 10.4. The van der Waals surface area contributed by atoms with Gasteiger partial charge in [0.1, 0.15) is 5.69 Å². The van der Waals surface area contributed by atoms with E-state index >= 15 is 0 Å². The third-order valence-corrected chi connectivity index (χ3v) is 2.44. The molecule has 0 amide bonds. The summed E-state index contributed by atoms with van der Waals surface area (Å²) in [5.41, 5.74) is 2.45. The van der Waals surface area contributed by atoms with Crippen molar-refractivity contribution in [2.75, 3.05) is 0 Å². The minimum Gasteiger partial charge on any atom is -0.343 e. The number of imidazole rings is 1. The first-order valence-electron chi connectivity index (χ1n) is 5.49. The average Bonchev–Trinajstić information content (AvgIpc) is 3.02. The van der Waals surface area contributed by atoms with E-state index < -0.39 is 0 Å². The molecule has 0 unspecified atom stereocenters. The highest BCUT2D eigenvalue weighted by atomic mass is 15.4. The third-order valence-electron chi connectivity index (χ3n) is 2.44. The number of nitrogens with one attached hydrogen (secondary N) is 1. The summed E-state index contributed by atoms with van der Waals surface area (Å²) in [6.45, 7) is 2.45. The van der Waals surface area contributed by atoms with E-state index in [2.05, 4.69) is 30.2 Å². The molecule has 90 valence electrons. The van der Waals surface area contributed by atoms with Gasteiger partial charge in [0, 0.05) is 18.6 Å². The van der Waals surface area contributed by atoms with E-state index in [9.17, 15) is 0 Å². The van der Waals surface area contributed by atoms with Gasteiger partial charge in [-0.25, -0.2) is 9.67 Å². The molecule has 7 nitrogen and oxygen atoms in total. The summed E-state index contributed by atoms with van der Waals surface area (Å²) in [6, 6.07) is 0. The number of hydrogen-bond donors (Lipinski definition) is 1. The van der Waals surface area contributed by atoms with Gasteiger partial charge >= 0.3 is 0 Å². The van der Waals surface area contributed by atoms with Gasteiger partial charge in [-0.3, -0.25) is 9.97 Å². The summed E-state index contributed by atoms with van der Waals surface area (Å²) in [5.74, 6) is 0.705. The van der Waals surface area contributed by atoms with Crippen LogP contribution in [0.15, 0.2) is 31.0 Å². The summed E-state index contributed by atoms with van der Waals surface area (Å²) in [4.78, 5) is 15.6. The Morgan fingerprint density at radius 2 is 2.17 bits per heavy atom. The predicted molar refractivity (Wildman–Crippen MR) is 63.5 cm³/mol. The standard InChI is InChI=1S/C11H11N7/c1-8-4-15-9(5-14-8)6-18-7-10(16-17-18)11-12-2-3-13-11/h2-5,7H,6H2,1H3,(H,12,13). The SMILES string of the molecule is Cc1cnc(Cn2cc(-c3ncc[nH]3)nn2)cn1. The Morgan fingerprint density at radius 1 is 1.22 bits per heavy atom. The van der Waals surface area contributed by atoms with E-state index in [0.29, 0.717) is 18.1 Å². The number of rotatable bonds is 3. The first-order chi connectivity index (χ1) is 8.81. The predicted octanol–water partition coefficient (Wildman–Crippen LogP) is 0.815. The van der Waals surface area contributed by atoms with E-state index in [1.54, 1.807) is 29.5 Å². The van der Waals surface area contributed by atoms with Crippen molar-refractivity contribution in [2.24, 2.45) is 0 Å². The molecule has 0 aliphatic heterocycles. The molecular formula is C11H11N7. The molecular weight excluding hydrogens is 230 g/mol. The topological polar surface area (TPSA) is 85.2 Å². The molecule has 0 spiro atoms. The fraction of sp³-hybridized carbons (Fsp3) is 0.182. The minimum atomic E-state index is 0.543. The lowest BCUT2D eigenvalue weighted by Crippen LogP contribution is -2.03. The molecule has 3 aromatic rings. The van der Waals surface area contributed by atoms with Crippen LogP contribution in [0.25, 0.3) is 11.5 Å². The van der Waals surface area contributed by atoms with Crippen LogP contribution in [-0.4, -0.2) is 34.9 Å². The Balaban J connectivity index is 1.80. The van der Waals surface area contributed by atoms with Crippen LogP contribution in [0.3, 0.4) is 0 Å².